The van der Waals surface area contributed by atoms with Crippen LogP contribution in [0.5, 0.6) is 0 Å². The Hall–Kier alpha value is -5.08. The lowest BCUT2D eigenvalue weighted by Gasteiger charge is -2.61. The van der Waals surface area contributed by atoms with Crippen molar-refractivity contribution in [1.29, 1.82) is 0 Å². The van der Waals surface area contributed by atoms with Crippen molar-refractivity contribution in [2.24, 2.45) is 23.7 Å². The minimum Gasteiger partial charge on any atom is -0.456 e. The summed E-state index contributed by atoms with van der Waals surface area (Å²) in [5, 5.41) is 2.35. The number of fused-ring (bicyclic) bond motifs is 11. The fraction of sp³-hybridized carbons (Fsp3) is 0.294. The van der Waals surface area contributed by atoms with Crippen molar-refractivity contribution in [3.63, 3.8) is 0 Å². The molecule has 7 aliphatic rings. The second-order valence-electron chi connectivity index (χ2n) is 17.6. The molecule has 4 bridgehead atoms. The Morgan fingerprint density at radius 3 is 1.92 bits per heavy atom. The summed E-state index contributed by atoms with van der Waals surface area (Å²) >= 11 is 0. The highest BCUT2D eigenvalue weighted by atomic mass is 16.3. The highest BCUT2D eigenvalue weighted by Crippen LogP contribution is 2.69. The van der Waals surface area contributed by atoms with Crippen LogP contribution in [0, 0.1) is 23.7 Å². The normalized spacial score (nSPS) is 26.4. The predicted octanol–water partition coefficient (Wildman–Crippen LogP) is 13.6. The largest absolute Gasteiger partial charge is 0.456 e. The molecule has 2 spiro atoms. The van der Waals surface area contributed by atoms with Gasteiger partial charge in [-0.1, -0.05) is 97.8 Å². The summed E-state index contributed by atoms with van der Waals surface area (Å²) in [6, 6.07) is 49.0. The fourth-order valence-electron chi connectivity index (χ4n) is 13.8. The maximum Gasteiger partial charge on any atom is 0.137 e. The summed E-state index contributed by atoms with van der Waals surface area (Å²) < 4.78 is 6.53. The second-order valence-corrected chi connectivity index (χ2v) is 17.6. The van der Waals surface area contributed by atoms with Gasteiger partial charge in [0.1, 0.15) is 11.2 Å². The molecule has 0 amide bonds. The van der Waals surface area contributed by atoms with E-state index in [0.717, 1.165) is 34.8 Å². The molecule has 0 N–H and O–H groups in total. The van der Waals surface area contributed by atoms with E-state index >= 15 is 0 Å². The predicted molar refractivity (Wildman–Crippen MR) is 216 cm³/mol. The Kier molecular flexibility index (Phi) is 5.72. The summed E-state index contributed by atoms with van der Waals surface area (Å²) in [7, 11) is 0. The molecular weight excluding hydrogens is 643 g/mol. The van der Waals surface area contributed by atoms with Gasteiger partial charge in [-0.25, -0.2) is 0 Å². The highest BCUT2D eigenvalue weighted by molar-refractivity contribution is 6.13. The first-order valence-electron chi connectivity index (χ1n) is 20.4. The Morgan fingerprint density at radius 2 is 1.11 bits per heavy atom. The standard InChI is InChI=1S/C51H43NO/c1-4-13-42-37(10-1)39-20-18-36(30-45(39)50(42)22-7-8-23-50)52(46-15-9-17-48-49(46)40-12-3-6-16-47(40)53-48)35-19-21-44-41(29-35)38-11-2-5-14-43(38)51(44)33-25-31-24-32(27-33)28-34(51)26-31/h1-6,9-21,29-34H,7-8,22-28H2. The van der Waals surface area contributed by atoms with Gasteiger partial charge in [0.25, 0.3) is 0 Å². The van der Waals surface area contributed by atoms with Crippen molar-refractivity contribution in [3.8, 4) is 22.3 Å². The number of anilines is 3. The fourth-order valence-corrected chi connectivity index (χ4v) is 13.8. The Balaban J connectivity index is 1.06. The lowest BCUT2D eigenvalue weighted by atomic mass is 9.43. The van der Waals surface area contributed by atoms with E-state index in [0.29, 0.717) is 0 Å². The van der Waals surface area contributed by atoms with Crippen molar-refractivity contribution >= 4 is 39.0 Å². The van der Waals surface area contributed by atoms with Crippen LogP contribution < -0.4 is 4.90 Å². The van der Waals surface area contributed by atoms with E-state index in [4.69, 9.17) is 4.42 Å². The average Bonchev–Trinajstić information content (AvgIpc) is 3.96. The Morgan fingerprint density at radius 1 is 0.491 bits per heavy atom. The third-order valence-electron chi connectivity index (χ3n) is 15.4. The highest BCUT2D eigenvalue weighted by Gasteiger charge is 2.61. The molecule has 7 aromatic rings. The van der Waals surface area contributed by atoms with Crippen LogP contribution in [0.15, 0.2) is 132 Å². The minimum absolute atomic E-state index is 0.102. The third kappa shape index (κ3) is 3.66. The molecular formula is C51H43NO. The maximum atomic E-state index is 6.53. The molecule has 5 fully saturated rings. The van der Waals surface area contributed by atoms with E-state index in [1.54, 1.807) is 11.1 Å². The summed E-state index contributed by atoms with van der Waals surface area (Å²) in [5.74, 6) is 3.40. The molecule has 1 aromatic heterocycles. The number of benzene rings is 6. The molecule has 0 aliphatic heterocycles. The van der Waals surface area contributed by atoms with E-state index in [1.165, 1.54) is 119 Å². The molecule has 0 atom stereocenters. The molecule has 2 heteroatoms. The SMILES string of the molecule is c1ccc2c(c1)-c1ccc(N(c3ccc4c(c3)-c3ccccc3C43C4CC5CC(C4)CC3C5)c3cccc4oc5ccccc5c34)cc1C21CCCC1. The third-order valence-corrected chi connectivity index (χ3v) is 15.4. The topological polar surface area (TPSA) is 16.4 Å². The Labute approximate surface area is 311 Å². The van der Waals surface area contributed by atoms with Crippen LogP contribution in [0.4, 0.5) is 17.1 Å². The van der Waals surface area contributed by atoms with Crippen LogP contribution in [0.25, 0.3) is 44.2 Å². The average molecular weight is 686 g/mol. The van der Waals surface area contributed by atoms with Crippen LogP contribution in [0.3, 0.4) is 0 Å². The van der Waals surface area contributed by atoms with Crippen molar-refractivity contribution in [2.75, 3.05) is 4.90 Å². The van der Waals surface area contributed by atoms with Gasteiger partial charge in [0.15, 0.2) is 0 Å². The van der Waals surface area contributed by atoms with Gasteiger partial charge in [-0.3, -0.25) is 0 Å². The molecule has 7 aliphatic carbocycles. The molecule has 258 valence electrons. The monoisotopic (exact) mass is 685 g/mol. The van der Waals surface area contributed by atoms with Crippen molar-refractivity contribution in [2.45, 2.75) is 68.6 Å². The van der Waals surface area contributed by atoms with Crippen molar-refractivity contribution in [1.82, 2.24) is 0 Å². The van der Waals surface area contributed by atoms with Crippen molar-refractivity contribution in [3.05, 3.63) is 150 Å². The van der Waals surface area contributed by atoms with Gasteiger partial charge in [0.05, 0.1) is 11.1 Å². The number of para-hydroxylation sites is 1. The van der Waals surface area contributed by atoms with Gasteiger partial charge in [0, 0.05) is 27.6 Å². The quantitative estimate of drug-likeness (QED) is 0.184. The van der Waals surface area contributed by atoms with E-state index in [1.807, 2.05) is 0 Å². The minimum atomic E-state index is 0.102. The zero-order valence-corrected chi connectivity index (χ0v) is 30.2. The first-order valence-corrected chi connectivity index (χ1v) is 20.4. The Bertz CT molecular complexity index is 2640. The molecule has 5 saturated carbocycles. The lowest BCUT2D eigenvalue weighted by Crippen LogP contribution is -2.55. The lowest BCUT2D eigenvalue weighted by molar-refractivity contribution is -0.0399. The second kappa shape index (κ2) is 10.3. The van der Waals surface area contributed by atoms with E-state index in [9.17, 15) is 0 Å². The number of furan rings is 1. The summed E-state index contributed by atoms with van der Waals surface area (Å²) in [4.78, 5) is 2.57. The molecule has 6 aromatic carbocycles. The molecule has 14 rings (SSSR count). The molecule has 0 radical (unpaired) electrons. The van der Waals surface area contributed by atoms with E-state index in [2.05, 4.69) is 132 Å². The number of rotatable bonds is 3. The van der Waals surface area contributed by atoms with Gasteiger partial charge in [0.2, 0.25) is 0 Å². The number of nitrogens with zero attached hydrogens (tertiary/aromatic N) is 1. The maximum absolute atomic E-state index is 6.53. The van der Waals surface area contributed by atoms with Crippen LogP contribution in [-0.4, -0.2) is 0 Å². The number of hydrogen-bond acceptors (Lipinski definition) is 2. The van der Waals surface area contributed by atoms with Crippen LogP contribution in [0.2, 0.25) is 0 Å². The summed E-state index contributed by atoms with van der Waals surface area (Å²) in [5.41, 5.74) is 17.8. The van der Waals surface area contributed by atoms with Gasteiger partial charge in [-0.2, -0.15) is 0 Å². The molecule has 2 nitrogen and oxygen atoms in total. The molecule has 53 heavy (non-hydrogen) atoms. The van der Waals surface area contributed by atoms with Crippen LogP contribution >= 0.6 is 0 Å². The summed E-state index contributed by atoms with van der Waals surface area (Å²) in [6.07, 6.45) is 12.1. The van der Waals surface area contributed by atoms with Gasteiger partial charge in [-0.15, -0.1) is 0 Å². The van der Waals surface area contributed by atoms with Gasteiger partial charge >= 0.3 is 0 Å². The summed E-state index contributed by atoms with van der Waals surface area (Å²) in [6.45, 7) is 0. The van der Waals surface area contributed by atoms with Crippen molar-refractivity contribution < 1.29 is 4.42 Å². The molecule has 0 unspecified atom stereocenters. The first-order chi connectivity index (χ1) is 26.2. The van der Waals surface area contributed by atoms with Crippen LogP contribution in [0.1, 0.15) is 80.0 Å². The van der Waals surface area contributed by atoms with Crippen LogP contribution in [-0.2, 0) is 10.8 Å². The van der Waals surface area contributed by atoms with Gasteiger partial charge in [-0.05, 0) is 156 Å². The van der Waals surface area contributed by atoms with E-state index in [-0.39, 0.29) is 10.8 Å². The molecule has 1 heterocycles. The number of hydrogen-bond donors (Lipinski definition) is 0. The van der Waals surface area contributed by atoms with E-state index < -0.39 is 0 Å². The first kappa shape index (κ1) is 29.4. The smallest absolute Gasteiger partial charge is 0.137 e. The van der Waals surface area contributed by atoms with Gasteiger partial charge < -0.3 is 9.32 Å². The zero-order chi connectivity index (χ0) is 34.5. The molecule has 0 saturated heterocycles. The zero-order valence-electron chi connectivity index (χ0n) is 30.2.